The first-order chi connectivity index (χ1) is 14.5. The van der Waals surface area contributed by atoms with Gasteiger partial charge < -0.3 is 20.6 Å². The lowest BCUT2D eigenvalue weighted by molar-refractivity contribution is -0.126. The number of halogens is 1. The first kappa shape index (κ1) is 23.6. The van der Waals surface area contributed by atoms with Gasteiger partial charge in [-0.2, -0.15) is 0 Å². The molecule has 30 heavy (non-hydrogen) atoms. The first-order valence-electron chi connectivity index (χ1n) is 10.3. The molecule has 2 saturated heterocycles. The van der Waals surface area contributed by atoms with Gasteiger partial charge in [0.2, 0.25) is 5.91 Å². The molecule has 0 aliphatic carbocycles. The predicted molar refractivity (Wildman–Crippen MR) is 110 cm³/mol. The van der Waals surface area contributed by atoms with E-state index in [1.807, 2.05) is 12.1 Å². The molecule has 3 amide bonds. The summed E-state index contributed by atoms with van der Waals surface area (Å²) in [6, 6.07) is 6.27. The van der Waals surface area contributed by atoms with Crippen molar-refractivity contribution in [3.63, 3.8) is 0 Å². The third kappa shape index (κ3) is 6.98. The molecule has 0 bridgehead atoms. The Labute approximate surface area is 176 Å². The number of likely N-dealkylation sites (N-methyl/N-ethyl adjacent to an activating group) is 1. The van der Waals surface area contributed by atoms with Crippen LogP contribution in [0, 0.1) is 5.82 Å². The Morgan fingerprint density at radius 1 is 1.13 bits per heavy atom. The number of likely N-dealkylation sites (tertiary alicyclic amines) is 2. The van der Waals surface area contributed by atoms with E-state index < -0.39 is 0 Å². The molecule has 1 unspecified atom stereocenters. The number of nitrogens with zero attached hydrogens (tertiary/aromatic N) is 2. The quantitative estimate of drug-likeness (QED) is 0.643. The van der Waals surface area contributed by atoms with Crippen LogP contribution in [-0.4, -0.2) is 72.1 Å². The number of carbonyl (C=O) groups excluding carboxylic acids is 2. The van der Waals surface area contributed by atoms with Crippen molar-refractivity contribution in [2.45, 2.75) is 50.7 Å². The van der Waals surface area contributed by atoms with Gasteiger partial charge in [0.05, 0.1) is 0 Å². The van der Waals surface area contributed by atoms with Gasteiger partial charge >= 0.3 is 6.03 Å². The largest absolute Gasteiger partial charge is 0.483 e. The van der Waals surface area contributed by atoms with Crippen molar-refractivity contribution in [3.05, 3.63) is 35.6 Å². The topological polar surface area (TPSA) is 102 Å². The Hall–Kier alpha value is -2.68. The van der Waals surface area contributed by atoms with Crippen molar-refractivity contribution in [2.75, 3.05) is 26.7 Å². The second-order valence-corrected chi connectivity index (χ2v) is 7.55. The van der Waals surface area contributed by atoms with Crippen molar-refractivity contribution in [1.82, 2.24) is 20.4 Å². The van der Waals surface area contributed by atoms with E-state index in [-0.39, 0.29) is 36.3 Å². The van der Waals surface area contributed by atoms with Gasteiger partial charge in [0.15, 0.2) is 0 Å². The highest BCUT2D eigenvalue weighted by Crippen LogP contribution is 2.19. The number of carboxylic acid groups (broad SMARTS) is 1. The first-order valence-corrected chi connectivity index (χ1v) is 10.3. The van der Waals surface area contributed by atoms with Crippen LogP contribution in [0.15, 0.2) is 24.3 Å². The number of benzene rings is 1. The molecule has 2 aliphatic heterocycles. The molecule has 2 fully saturated rings. The Bertz CT molecular complexity index is 693. The molecule has 1 atom stereocenters. The summed E-state index contributed by atoms with van der Waals surface area (Å²) in [6.07, 6.45) is 4.40. The molecule has 3 rings (SSSR count). The molecule has 0 saturated carbocycles. The summed E-state index contributed by atoms with van der Waals surface area (Å²) >= 11 is 0. The van der Waals surface area contributed by atoms with Crippen LogP contribution in [0.3, 0.4) is 0 Å². The molecule has 1 aromatic rings. The van der Waals surface area contributed by atoms with Crippen LogP contribution in [-0.2, 0) is 16.1 Å². The minimum atomic E-state index is -0.359. The molecule has 0 radical (unpaired) electrons. The van der Waals surface area contributed by atoms with E-state index in [1.165, 1.54) is 12.1 Å². The summed E-state index contributed by atoms with van der Waals surface area (Å²) in [5.74, 6) is -0.299. The Kier molecular flexibility index (Phi) is 9.53. The van der Waals surface area contributed by atoms with Crippen LogP contribution in [0.4, 0.5) is 9.18 Å². The standard InChI is InChI=1S/C20H29FN4O2.CH2O2/c1-22-19(26)18-4-2-3-11-25(18)20(27)23-17-9-12-24(13-10-17)14-15-5-7-16(21)8-6-15;2-1-3/h5-8,17-18H,2-4,9-14H2,1H3,(H,22,26)(H,23,27);1H,(H,2,3). The van der Waals surface area contributed by atoms with Crippen LogP contribution in [0.5, 0.6) is 0 Å². The Morgan fingerprint density at radius 2 is 1.77 bits per heavy atom. The normalized spacial score (nSPS) is 19.9. The molecule has 1 aromatic carbocycles. The van der Waals surface area contributed by atoms with Crippen LogP contribution in [0.1, 0.15) is 37.7 Å². The SMILES string of the molecule is CNC(=O)C1CCCCN1C(=O)NC1CCN(Cc2ccc(F)cc2)CC1.O=CO. The molecule has 0 spiro atoms. The van der Waals surface area contributed by atoms with Crippen LogP contribution >= 0.6 is 0 Å². The summed E-state index contributed by atoms with van der Waals surface area (Å²) in [6.45, 7) is 2.96. The lowest BCUT2D eigenvalue weighted by atomic mass is 10.0. The summed E-state index contributed by atoms with van der Waals surface area (Å²) in [7, 11) is 1.61. The molecule has 2 aliphatic rings. The zero-order chi connectivity index (χ0) is 21.9. The summed E-state index contributed by atoms with van der Waals surface area (Å²) in [5, 5.41) is 12.7. The van der Waals surface area contributed by atoms with Gasteiger partial charge in [-0.1, -0.05) is 12.1 Å². The van der Waals surface area contributed by atoms with Crippen LogP contribution < -0.4 is 10.6 Å². The monoisotopic (exact) mass is 422 g/mol. The van der Waals surface area contributed by atoms with Crippen LogP contribution in [0.25, 0.3) is 0 Å². The third-order valence-corrected chi connectivity index (χ3v) is 5.55. The average molecular weight is 423 g/mol. The highest BCUT2D eigenvalue weighted by atomic mass is 19.1. The molecule has 0 aromatic heterocycles. The van der Waals surface area contributed by atoms with Gasteiger partial charge in [-0.15, -0.1) is 0 Å². The van der Waals surface area contributed by atoms with E-state index in [2.05, 4.69) is 15.5 Å². The fourth-order valence-electron chi connectivity index (χ4n) is 3.95. The number of carbonyl (C=O) groups is 3. The van der Waals surface area contributed by atoms with E-state index in [4.69, 9.17) is 9.90 Å². The molecule has 166 valence electrons. The number of urea groups is 1. The van der Waals surface area contributed by atoms with E-state index in [0.717, 1.165) is 57.3 Å². The highest BCUT2D eigenvalue weighted by molar-refractivity contribution is 5.87. The maximum absolute atomic E-state index is 13.0. The fourth-order valence-corrected chi connectivity index (χ4v) is 3.95. The molecular formula is C21H31FN4O4. The van der Waals surface area contributed by atoms with Gasteiger partial charge in [-0.25, -0.2) is 9.18 Å². The Balaban J connectivity index is 0.00000101. The van der Waals surface area contributed by atoms with Gasteiger partial charge in [0.1, 0.15) is 11.9 Å². The minimum Gasteiger partial charge on any atom is -0.483 e. The average Bonchev–Trinajstić information content (AvgIpc) is 2.76. The summed E-state index contributed by atoms with van der Waals surface area (Å²) < 4.78 is 13.0. The van der Waals surface area contributed by atoms with Crippen molar-refractivity contribution in [3.8, 4) is 0 Å². The zero-order valence-electron chi connectivity index (χ0n) is 17.3. The predicted octanol–water partition coefficient (Wildman–Crippen LogP) is 1.80. The van der Waals surface area contributed by atoms with E-state index in [9.17, 15) is 14.0 Å². The lowest BCUT2D eigenvalue weighted by Crippen LogP contribution is -2.56. The Morgan fingerprint density at radius 3 is 2.37 bits per heavy atom. The second kappa shape index (κ2) is 12.1. The highest BCUT2D eigenvalue weighted by Gasteiger charge is 2.32. The van der Waals surface area contributed by atoms with Gasteiger partial charge in [0, 0.05) is 39.3 Å². The molecule has 3 N–H and O–H groups in total. The van der Waals surface area contributed by atoms with E-state index in [1.54, 1.807) is 11.9 Å². The maximum atomic E-state index is 13.0. The van der Waals surface area contributed by atoms with Gasteiger partial charge in [0.25, 0.3) is 6.47 Å². The zero-order valence-corrected chi connectivity index (χ0v) is 17.3. The van der Waals surface area contributed by atoms with Crippen LogP contribution in [0.2, 0.25) is 0 Å². The molecular weight excluding hydrogens is 391 g/mol. The summed E-state index contributed by atoms with van der Waals surface area (Å²) in [5.41, 5.74) is 1.10. The number of nitrogens with one attached hydrogen (secondary N) is 2. The number of rotatable bonds is 4. The van der Waals surface area contributed by atoms with Gasteiger partial charge in [-0.05, 0) is 49.8 Å². The van der Waals surface area contributed by atoms with Crippen molar-refractivity contribution in [1.29, 1.82) is 0 Å². The third-order valence-electron chi connectivity index (χ3n) is 5.55. The van der Waals surface area contributed by atoms with Crippen molar-refractivity contribution < 1.29 is 23.9 Å². The smallest absolute Gasteiger partial charge is 0.318 e. The molecule has 9 heteroatoms. The number of piperidine rings is 2. The molecule has 2 heterocycles. The molecule has 8 nitrogen and oxygen atoms in total. The van der Waals surface area contributed by atoms with E-state index in [0.29, 0.717) is 6.54 Å². The van der Waals surface area contributed by atoms with Crippen molar-refractivity contribution >= 4 is 18.4 Å². The van der Waals surface area contributed by atoms with E-state index >= 15 is 0 Å². The van der Waals surface area contributed by atoms with Gasteiger partial charge in [-0.3, -0.25) is 14.5 Å². The summed E-state index contributed by atoms with van der Waals surface area (Å²) in [4.78, 5) is 37.1. The number of amides is 3. The minimum absolute atomic E-state index is 0.0843. The lowest BCUT2D eigenvalue weighted by Gasteiger charge is -2.37. The maximum Gasteiger partial charge on any atom is 0.318 e. The van der Waals surface area contributed by atoms with Crippen molar-refractivity contribution in [2.24, 2.45) is 0 Å². The fraction of sp³-hybridized carbons (Fsp3) is 0.571. The number of hydrogen-bond acceptors (Lipinski definition) is 4. The second-order valence-electron chi connectivity index (χ2n) is 7.55. The number of hydrogen-bond donors (Lipinski definition) is 3.